The van der Waals surface area contributed by atoms with Crippen LogP contribution in [0.2, 0.25) is 5.02 Å². The third-order valence-corrected chi connectivity index (χ3v) is 4.48. The van der Waals surface area contributed by atoms with Gasteiger partial charge < -0.3 is 4.74 Å². The molecule has 1 N–H and O–H groups in total. The number of sulfonamides is 1. The number of hydrogen-bond acceptors (Lipinski definition) is 3. The van der Waals surface area contributed by atoms with Gasteiger partial charge in [-0.05, 0) is 24.6 Å². The molecule has 0 aliphatic carbocycles. The fourth-order valence-electron chi connectivity index (χ4n) is 1.82. The summed E-state index contributed by atoms with van der Waals surface area (Å²) in [5, 5.41) is 0.431. The number of hydrogen-bond donors (Lipinski definition) is 1. The van der Waals surface area contributed by atoms with Gasteiger partial charge in [0.15, 0.2) is 0 Å². The molecular formula is C15H16ClNO3S. The zero-order valence-electron chi connectivity index (χ0n) is 11.5. The molecule has 0 unspecified atom stereocenters. The maximum Gasteiger partial charge on any atom is 0.244 e. The Labute approximate surface area is 129 Å². The number of nitrogens with one attached hydrogen (secondary N) is 1. The summed E-state index contributed by atoms with van der Waals surface area (Å²) in [5.74, 6) is 0.255. The van der Waals surface area contributed by atoms with Crippen molar-refractivity contribution in [1.29, 1.82) is 0 Å². The van der Waals surface area contributed by atoms with Crippen molar-refractivity contribution in [2.24, 2.45) is 0 Å². The first-order valence-corrected chi connectivity index (χ1v) is 8.35. The standard InChI is InChI=1S/C15H16ClNO3S/c1-2-20-14-10-13(16)8-9-15(14)21(18,19)17-11-12-6-4-3-5-7-12/h3-10,17H,2,11H2,1H3. The predicted octanol–water partition coefficient (Wildman–Crippen LogP) is 3.22. The van der Waals surface area contributed by atoms with Crippen LogP contribution < -0.4 is 9.46 Å². The summed E-state index contributed by atoms with van der Waals surface area (Å²) >= 11 is 5.88. The van der Waals surface area contributed by atoms with Crippen LogP contribution >= 0.6 is 11.6 Å². The lowest BCUT2D eigenvalue weighted by Crippen LogP contribution is -2.23. The molecular weight excluding hydrogens is 310 g/mol. The van der Waals surface area contributed by atoms with Crippen LogP contribution in [0.4, 0.5) is 0 Å². The van der Waals surface area contributed by atoms with Crippen molar-refractivity contribution in [2.45, 2.75) is 18.4 Å². The molecule has 0 fully saturated rings. The van der Waals surface area contributed by atoms with Crippen molar-refractivity contribution in [2.75, 3.05) is 6.61 Å². The van der Waals surface area contributed by atoms with Gasteiger partial charge >= 0.3 is 0 Å². The largest absolute Gasteiger partial charge is 0.492 e. The molecule has 0 spiro atoms. The topological polar surface area (TPSA) is 55.4 Å². The minimum atomic E-state index is -3.66. The Morgan fingerprint density at radius 1 is 1.14 bits per heavy atom. The number of benzene rings is 2. The summed E-state index contributed by atoms with van der Waals surface area (Å²) < 4.78 is 32.7. The first-order chi connectivity index (χ1) is 10.0. The Bertz CT molecular complexity index is 702. The lowest BCUT2D eigenvalue weighted by molar-refractivity contribution is 0.331. The van der Waals surface area contributed by atoms with Crippen LogP contribution in [0.3, 0.4) is 0 Å². The average molecular weight is 326 g/mol. The highest BCUT2D eigenvalue weighted by Gasteiger charge is 2.19. The normalized spacial score (nSPS) is 11.3. The predicted molar refractivity (Wildman–Crippen MR) is 83.1 cm³/mol. The fourth-order valence-corrected chi connectivity index (χ4v) is 3.13. The lowest BCUT2D eigenvalue weighted by Gasteiger charge is -2.12. The summed E-state index contributed by atoms with van der Waals surface area (Å²) in [5.41, 5.74) is 0.882. The molecule has 0 atom stereocenters. The summed E-state index contributed by atoms with van der Waals surface area (Å²) in [7, 11) is -3.66. The van der Waals surface area contributed by atoms with Crippen molar-refractivity contribution in [3.05, 3.63) is 59.1 Å². The van der Waals surface area contributed by atoms with Gasteiger partial charge in [0.2, 0.25) is 10.0 Å². The number of rotatable bonds is 6. The second kappa shape index (κ2) is 6.93. The molecule has 21 heavy (non-hydrogen) atoms. The minimum absolute atomic E-state index is 0.0877. The van der Waals surface area contributed by atoms with Crippen molar-refractivity contribution in [1.82, 2.24) is 4.72 Å². The zero-order chi connectivity index (χ0) is 15.3. The highest BCUT2D eigenvalue weighted by atomic mass is 35.5. The van der Waals surface area contributed by atoms with Gasteiger partial charge in [0.25, 0.3) is 0 Å². The molecule has 0 aliphatic heterocycles. The van der Waals surface area contributed by atoms with Crippen LogP contribution in [0.5, 0.6) is 5.75 Å². The fraction of sp³-hybridized carbons (Fsp3) is 0.200. The third-order valence-electron chi connectivity index (χ3n) is 2.80. The van der Waals surface area contributed by atoms with E-state index in [0.29, 0.717) is 11.6 Å². The maximum atomic E-state index is 12.4. The van der Waals surface area contributed by atoms with E-state index in [9.17, 15) is 8.42 Å². The van der Waals surface area contributed by atoms with Crippen LogP contribution in [-0.2, 0) is 16.6 Å². The van der Waals surface area contributed by atoms with Gasteiger partial charge in [0.1, 0.15) is 10.6 Å². The highest BCUT2D eigenvalue weighted by molar-refractivity contribution is 7.89. The van der Waals surface area contributed by atoms with Gasteiger partial charge in [-0.1, -0.05) is 41.9 Å². The van der Waals surface area contributed by atoms with Crippen LogP contribution in [0.25, 0.3) is 0 Å². The molecule has 0 aromatic heterocycles. The summed E-state index contributed by atoms with van der Waals surface area (Å²) in [4.78, 5) is 0.0877. The van der Waals surface area contributed by atoms with Crippen molar-refractivity contribution in [3.63, 3.8) is 0 Å². The minimum Gasteiger partial charge on any atom is -0.492 e. The van der Waals surface area contributed by atoms with Crippen molar-refractivity contribution >= 4 is 21.6 Å². The van der Waals surface area contributed by atoms with Crippen LogP contribution in [0.1, 0.15) is 12.5 Å². The van der Waals surface area contributed by atoms with Gasteiger partial charge in [-0.3, -0.25) is 0 Å². The molecule has 4 nitrogen and oxygen atoms in total. The molecule has 0 saturated carbocycles. The lowest BCUT2D eigenvalue weighted by atomic mass is 10.2. The van der Waals surface area contributed by atoms with E-state index in [2.05, 4.69) is 4.72 Å². The number of halogens is 1. The molecule has 2 aromatic carbocycles. The van der Waals surface area contributed by atoms with E-state index in [4.69, 9.17) is 16.3 Å². The molecule has 0 amide bonds. The third kappa shape index (κ3) is 4.20. The van der Waals surface area contributed by atoms with E-state index >= 15 is 0 Å². The summed E-state index contributed by atoms with van der Waals surface area (Å²) in [6.45, 7) is 2.37. The SMILES string of the molecule is CCOc1cc(Cl)ccc1S(=O)(=O)NCc1ccccc1. The molecule has 0 heterocycles. The first kappa shape index (κ1) is 15.8. The second-order valence-corrected chi connectivity index (χ2v) is 6.51. The summed E-state index contributed by atoms with van der Waals surface area (Å²) in [6.07, 6.45) is 0. The summed E-state index contributed by atoms with van der Waals surface area (Å²) in [6, 6.07) is 13.8. The monoisotopic (exact) mass is 325 g/mol. The quantitative estimate of drug-likeness (QED) is 0.887. The van der Waals surface area contributed by atoms with E-state index in [-0.39, 0.29) is 17.2 Å². The van der Waals surface area contributed by atoms with Gasteiger partial charge in [-0.25, -0.2) is 13.1 Å². The first-order valence-electron chi connectivity index (χ1n) is 6.49. The highest BCUT2D eigenvalue weighted by Crippen LogP contribution is 2.27. The van der Waals surface area contributed by atoms with Crippen LogP contribution in [0.15, 0.2) is 53.4 Å². The Kier molecular flexibility index (Phi) is 5.22. The van der Waals surface area contributed by atoms with Gasteiger partial charge in [-0.2, -0.15) is 0 Å². The average Bonchev–Trinajstić information content (AvgIpc) is 2.47. The van der Waals surface area contributed by atoms with E-state index in [1.807, 2.05) is 30.3 Å². The molecule has 2 rings (SSSR count). The van der Waals surface area contributed by atoms with Gasteiger partial charge in [0, 0.05) is 17.6 Å². The second-order valence-electron chi connectivity index (χ2n) is 4.33. The zero-order valence-corrected chi connectivity index (χ0v) is 13.1. The Hall–Kier alpha value is -1.56. The van der Waals surface area contributed by atoms with E-state index in [1.54, 1.807) is 6.92 Å². The van der Waals surface area contributed by atoms with Crippen molar-refractivity contribution in [3.8, 4) is 5.75 Å². The van der Waals surface area contributed by atoms with Gasteiger partial charge in [0.05, 0.1) is 6.61 Å². The van der Waals surface area contributed by atoms with Crippen LogP contribution in [-0.4, -0.2) is 15.0 Å². The molecule has 0 aliphatic rings. The molecule has 2 aromatic rings. The van der Waals surface area contributed by atoms with Crippen molar-refractivity contribution < 1.29 is 13.2 Å². The van der Waals surface area contributed by atoms with Crippen LogP contribution in [0, 0.1) is 0 Å². The van der Waals surface area contributed by atoms with E-state index in [1.165, 1.54) is 18.2 Å². The van der Waals surface area contributed by atoms with E-state index in [0.717, 1.165) is 5.56 Å². The van der Waals surface area contributed by atoms with E-state index < -0.39 is 10.0 Å². The maximum absolute atomic E-state index is 12.4. The Morgan fingerprint density at radius 2 is 1.86 bits per heavy atom. The molecule has 112 valence electrons. The van der Waals surface area contributed by atoms with Gasteiger partial charge in [-0.15, -0.1) is 0 Å². The molecule has 0 saturated heterocycles. The molecule has 6 heteroatoms. The molecule has 0 bridgehead atoms. The smallest absolute Gasteiger partial charge is 0.244 e. The number of ether oxygens (including phenoxy) is 1. The Morgan fingerprint density at radius 3 is 2.52 bits per heavy atom. The Balaban J connectivity index is 2.23. The molecule has 0 radical (unpaired) electrons.